The quantitative estimate of drug-likeness (QED) is 0.878. The summed E-state index contributed by atoms with van der Waals surface area (Å²) in [5.41, 5.74) is 0.827. The lowest BCUT2D eigenvalue weighted by Crippen LogP contribution is -2.30. The third kappa shape index (κ3) is 3.52. The molecule has 0 aliphatic heterocycles. The zero-order chi connectivity index (χ0) is 16.3. The first kappa shape index (κ1) is 16.6. The van der Waals surface area contributed by atoms with Gasteiger partial charge in [-0.15, -0.1) is 0 Å². The molecule has 0 bridgehead atoms. The zero-order valence-corrected chi connectivity index (χ0v) is 13.3. The maximum absolute atomic E-state index is 13.3. The molecule has 2 rings (SSSR count). The van der Waals surface area contributed by atoms with Crippen LogP contribution < -0.4 is 4.72 Å². The van der Waals surface area contributed by atoms with Crippen LogP contribution in [0.15, 0.2) is 33.7 Å². The monoisotopic (exact) mass is 328 g/mol. The molecule has 0 aliphatic carbocycles. The van der Waals surface area contributed by atoms with Gasteiger partial charge in [0.25, 0.3) is 0 Å². The summed E-state index contributed by atoms with van der Waals surface area (Å²) in [7, 11) is -2.35. The fraction of sp³-hybridized carbons (Fsp3) is 0.357. The standard InChI is InChI=1S/C14H17FN2O4S/c1-9-14(10(2)21-17-9)22(18,19)16-8-13(20-3)11-5-4-6-12(15)7-11/h4-7,13,16H,8H2,1-3H3/t13-/m0/s1. The molecule has 120 valence electrons. The summed E-state index contributed by atoms with van der Waals surface area (Å²) in [5.74, 6) is -0.196. The van der Waals surface area contributed by atoms with Crippen LogP contribution in [0.2, 0.25) is 0 Å². The van der Waals surface area contributed by atoms with Crippen LogP contribution >= 0.6 is 0 Å². The lowest BCUT2D eigenvalue weighted by atomic mass is 10.1. The van der Waals surface area contributed by atoms with Gasteiger partial charge >= 0.3 is 0 Å². The van der Waals surface area contributed by atoms with Gasteiger partial charge in [-0.25, -0.2) is 17.5 Å². The Labute approximate surface area is 128 Å². The lowest BCUT2D eigenvalue weighted by Gasteiger charge is -2.16. The Hall–Kier alpha value is -1.77. The molecule has 0 aliphatic rings. The molecule has 8 heteroatoms. The number of rotatable bonds is 6. The highest BCUT2D eigenvalue weighted by atomic mass is 32.2. The van der Waals surface area contributed by atoms with Crippen LogP contribution in [0.25, 0.3) is 0 Å². The number of aromatic nitrogens is 1. The van der Waals surface area contributed by atoms with Gasteiger partial charge in [0.15, 0.2) is 5.76 Å². The Kier molecular flexibility index (Phi) is 4.94. The van der Waals surface area contributed by atoms with Crippen molar-refractivity contribution in [3.8, 4) is 0 Å². The summed E-state index contributed by atoms with van der Waals surface area (Å²) in [6.07, 6.45) is -0.606. The van der Waals surface area contributed by atoms with Crippen LogP contribution in [0, 0.1) is 19.7 Å². The van der Waals surface area contributed by atoms with Crippen LogP contribution in [0.1, 0.15) is 23.1 Å². The summed E-state index contributed by atoms with van der Waals surface area (Å²) in [6.45, 7) is 3.03. The first-order valence-corrected chi connectivity index (χ1v) is 8.04. The van der Waals surface area contributed by atoms with Gasteiger partial charge in [-0.1, -0.05) is 17.3 Å². The molecule has 1 N–H and O–H groups in total. The van der Waals surface area contributed by atoms with Crippen molar-refractivity contribution in [3.63, 3.8) is 0 Å². The van der Waals surface area contributed by atoms with Crippen LogP contribution in [-0.2, 0) is 14.8 Å². The highest BCUT2D eigenvalue weighted by Gasteiger charge is 2.25. The average Bonchev–Trinajstić information content (AvgIpc) is 2.79. The van der Waals surface area contributed by atoms with Crippen molar-refractivity contribution in [2.24, 2.45) is 0 Å². The molecule has 2 aromatic rings. The highest BCUT2D eigenvalue weighted by molar-refractivity contribution is 7.89. The molecule has 22 heavy (non-hydrogen) atoms. The summed E-state index contributed by atoms with van der Waals surface area (Å²) >= 11 is 0. The van der Waals surface area contributed by atoms with Crippen molar-refractivity contribution >= 4 is 10.0 Å². The Balaban J connectivity index is 2.17. The van der Waals surface area contributed by atoms with Crippen LogP contribution in [0.3, 0.4) is 0 Å². The van der Waals surface area contributed by atoms with Crippen LogP contribution in [0.4, 0.5) is 4.39 Å². The summed E-state index contributed by atoms with van der Waals surface area (Å²) < 4.78 is 50.4. The van der Waals surface area contributed by atoms with E-state index in [1.165, 1.54) is 26.2 Å². The van der Waals surface area contributed by atoms with Gasteiger partial charge in [-0.2, -0.15) is 0 Å². The van der Waals surface area contributed by atoms with Gasteiger partial charge in [0.2, 0.25) is 10.0 Å². The minimum atomic E-state index is -3.78. The van der Waals surface area contributed by atoms with E-state index >= 15 is 0 Å². The van der Waals surface area contributed by atoms with Gasteiger partial charge in [-0.05, 0) is 31.5 Å². The predicted octanol–water partition coefficient (Wildman–Crippen LogP) is 2.10. The number of ether oxygens (including phenoxy) is 1. The van der Waals surface area contributed by atoms with Crippen molar-refractivity contribution < 1.29 is 22.1 Å². The number of hydrogen-bond donors (Lipinski definition) is 1. The summed E-state index contributed by atoms with van der Waals surface area (Å²) in [5, 5.41) is 3.62. The van der Waals surface area contributed by atoms with E-state index in [4.69, 9.17) is 9.26 Å². The van der Waals surface area contributed by atoms with E-state index in [-0.39, 0.29) is 22.9 Å². The largest absolute Gasteiger partial charge is 0.375 e. The molecule has 0 saturated heterocycles. The van der Waals surface area contributed by atoms with Gasteiger partial charge in [-0.3, -0.25) is 0 Å². The summed E-state index contributed by atoms with van der Waals surface area (Å²) in [6, 6.07) is 5.82. The van der Waals surface area contributed by atoms with E-state index in [1.54, 1.807) is 19.1 Å². The minimum Gasteiger partial charge on any atom is -0.375 e. The molecule has 1 heterocycles. The van der Waals surface area contributed by atoms with Gasteiger partial charge in [0.05, 0.1) is 6.10 Å². The molecule has 1 aromatic heterocycles. The number of benzene rings is 1. The minimum absolute atomic E-state index is 0.0154. The molecule has 0 spiro atoms. The normalized spacial score (nSPS) is 13.3. The van der Waals surface area contributed by atoms with Crippen LogP contribution in [-0.4, -0.2) is 27.2 Å². The molecule has 0 saturated carbocycles. The Morgan fingerprint density at radius 1 is 1.41 bits per heavy atom. The van der Waals surface area contributed by atoms with E-state index in [1.807, 2.05) is 0 Å². The van der Waals surface area contributed by atoms with Crippen molar-refractivity contribution in [2.75, 3.05) is 13.7 Å². The molecule has 0 amide bonds. The predicted molar refractivity (Wildman–Crippen MR) is 77.3 cm³/mol. The fourth-order valence-corrected chi connectivity index (χ4v) is 3.52. The van der Waals surface area contributed by atoms with Crippen molar-refractivity contribution in [1.29, 1.82) is 0 Å². The van der Waals surface area contributed by atoms with E-state index in [0.29, 0.717) is 5.56 Å². The Bertz CT molecular complexity index is 738. The Morgan fingerprint density at radius 3 is 2.68 bits per heavy atom. The van der Waals surface area contributed by atoms with Crippen LogP contribution in [0.5, 0.6) is 0 Å². The molecule has 1 aromatic carbocycles. The topological polar surface area (TPSA) is 81.4 Å². The summed E-state index contributed by atoms with van der Waals surface area (Å²) in [4.78, 5) is 0.0154. The maximum atomic E-state index is 13.3. The first-order chi connectivity index (χ1) is 10.3. The van der Waals surface area contributed by atoms with E-state index in [9.17, 15) is 12.8 Å². The first-order valence-electron chi connectivity index (χ1n) is 6.56. The zero-order valence-electron chi connectivity index (χ0n) is 12.5. The second-order valence-corrected chi connectivity index (χ2v) is 6.49. The third-order valence-corrected chi connectivity index (χ3v) is 4.87. The third-order valence-electron chi connectivity index (χ3n) is 3.20. The van der Waals surface area contributed by atoms with Gasteiger partial charge in [0, 0.05) is 13.7 Å². The maximum Gasteiger partial charge on any atom is 0.246 e. The molecule has 1 atom stereocenters. The molecule has 6 nitrogen and oxygen atoms in total. The number of methoxy groups -OCH3 is 1. The molecule has 0 fully saturated rings. The van der Waals surface area contributed by atoms with E-state index in [2.05, 4.69) is 9.88 Å². The number of hydrogen-bond acceptors (Lipinski definition) is 5. The number of halogens is 1. The lowest BCUT2D eigenvalue weighted by molar-refractivity contribution is 0.107. The average molecular weight is 328 g/mol. The molecular formula is C14H17FN2O4S. The second-order valence-electron chi connectivity index (χ2n) is 4.78. The van der Waals surface area contributed by atoms with E-state index in [0.717, 1.165) is 0 Å². The second kappa shape index (κ2) is 6.55. The highest BCUT2D eigenvalue weighted by Crippen LogP contribution is 2.21. The number of nitrogens with one attached hydrogen (secondary N) is 1. The van der Waals surface area contributed by atoms with Gasteiger partial charge in [0.1, 0.15) is 16.4 Å². The number of sulfonamides is 1. The van der Waals surface area contributed by atoms with Crippen molar-refractivity contribution in [2.45, 2.75) is 24.8 Å². The number of aryl methyl sites for hydroxylation is 2. The van der Waals surface area contributed by atoms with E-state index < -0.39 is 21.9 Å². The Morgan fingerprint density at radius 2 is 2.14 bits per heavy atom. The smallest absolute Gasteiger partial charge is 0.246 e. The van der Waals surface area contributed by atoms with Gasteiger partial charge < -0.3 is 9.26 Å². The molecule has 0 radical (unpaired) electrons. The SMILES string of the molecule is CO[C@@H](CNS(=O)(=O)c1c(C)noc1C)c1cccc(F)c1. The number of nitrogens with zero attached hydrogens (tertiary/aromatic N) is 1. The molecular weight excluding hydrogens is 311 g/mol. The molecule has 0 unspecified atom stereocenters. The van der Waals surface area contributed by atoms with Crippen molar-refractivity contribution in [1.82, 2.24) is 9.88 Å². The van der Waals surface area contributed by atoms with Crippen molar-refractivity contribution in [3.05, 3.63) is 47.1 Å². The fourth-order valence-electron chi connectivity index (χ4n) is 2.16.